The molecule has 3 unspecified atom stereocenters. The van der Waals surface area contributed by atoms with Crippen molar-refractivity contribution < 1.29 is 24.0 Å². The largest absolute Gasteiger partial charge is 0.480 e. The van der Waals surface area contributed by atoms with Gasteiger partial charge in [-0.2, -0.15) is 0 Å². The van der Waals surface area contributed by atoms with Crippen molar-refractivity contribution in [2.75, 3.05) is 6.54 Å². The first-order valence-corrected chi connectivity index (χ1v) is 6.77. The van der Waals surface area contributed by atoms with Crippen LogP contribution in [-0.4, -0.2) is 39.4 Å². The van der Waals surface area contributed by atoms with E-state index in [1.54, 1.807) is 0 Å². The number of nitrogens with zero attached hydrogens (tertiary/aromatic N) is 2. The Kier molecular flexibility index (Phi) is 3.15. The Labute approximate surface area is 119 Å². The number of likely N-dealkylation sites (tertiary alicyclic amines) is 1. The fraction of sp³-hybridized carbons (Fsp3) is 0.538. The molecule has 0 bridgehead atoms. The molecule has 1 aliphatic carbocycles. The smallest absolute Gasteiger partial charge is 0.433 e. The van der Waals surface area contributed by atoms with E-state index in [0.29, 0.717) is 6.54 Å². The molecule has 3 rings (SSSR count). The molecule has 2 heterocycles. The fourth-order valence-electron chi connectivity index (χ4n) is 3.51. The number of hydrogen-bond acceptors (Lipinski definition) is 5. The number of carbonyl (C=O) groups is 2. The third-order valence-electron chi connectivity index (χ3n) is 4.39. The zero-order valence-electron chi connectivity index (χ0n) is 11.1. The first kappa shape index (κ1) is 13.6. The van der Waals surface area contributed by atoms with Crippen molar-refractivity contribution >= 4 is 17.8 Å². The van der Waals surface area contributed by atoms with E-state index >= 15 is 0 Å². The molecular formula is C13H14N2O6. The molecule has 1 aromatic rings. The number of aliphatic carboxylic acids is 1. The summed E-state index contributed by atoms with van der Waals surface area (Å²) >= 11 is 0. The average molecular weight is 294 g/mol. The Morgan fingerprint density at radius 1 is 1.38 bits per heavy atom. The van der Waals surface area contributed by atoms with Crippen LogP contribution in [0.25, 0.3) is 0 Å². The van der Waals surface area contributed by atoms with Crippen LogP contribution in [0.15, 0.2) is 16.5 Å². The first-order chi connectivity index (χ1) is 9.99. The van der Waals surface area contributed by atoms with Gasteiger partial charge in [-0.25, -0.2) is 4.79 Å². The lowest BCUT2D eigenvalue weighted by Gasteiger charge is -2.23. The average Bonchev–Trinajstić information content (AvgIpc) is 3.11. The second kappa shape index (κ2) is 4.87. The predicted octanol–water partition coefficient (Wildman–Crippen LogP) is 1.51. The quantitative estimate of drug-likeness (QED) is 0.667. The van der Waals surface area contributed by atoms with Crippen LogP contribution in [0.3, 0.4) is 0 Å². The summed E-state index contributed by atoms with van der Waals surface area (Å²) in [6, 6.07) is 1.45. The minimum absolute atomic E-state index is 0.0311. The zero-order valence-corrected chi connectivity index (χ0v) is 11.1. The summed E-state index contributed by atoms with van der Waals surface area (Å²) in [5.41, 5.74) is 0. The normalized spacial score (nSPS) is 27.6. The van der Waals surface area contributed by atoms with E-state index in [2.05, 4.69) is 0 Å². The van der Waals surface area contributed by atoms with Gasteiger partial charge in [-0.1, -0.05) is 6.42 Å². The van der Waals surface area contributed by atoms with E-state index in [0.717, 1.165) is 25.3 Å². The molecule has 8 heteroatoms. The van der Waals surface area contributed by atoms with E-state index in [4.69, 9.17) is 4.42 Å². The minimum Gasteiger partial charge on any atom is -0.480 e. The molecular weight excluding hydrogens is 280 g/mol. The molecule has 1 saturated heterocycles. The molecule has 1 aliphatic heterocycles. The van der Waals surface area contributed by atoms with E-state index in [1.807, 2.05) is 0 Å². The summed E-state index contributed by atoms with van der Waals surface area (Å²) in [6.45, 7) is 0.370. The number of amides is 1. The van der Waals surface area contributed by atoms with Crippen molar-refractivity contribution in [2.24, 2.45) is 11.8 Å². The highest BCUT2D eigenvalue weighted by Crippen LogP contribution is 2.42. The molecule has 112 valence electrons. The Morgan fingerprint density at radius 2 is 2.14 bits per heavy atom. The molecule has 1 amide bonds. The van der Waals surface area contributed by atoms with Gasteiger partial charge in [0.1, 0.15) is 11.0 Å². The highest BCUT2D eigenvalue weighted by molar-refractivity contribution is 5.95. The van der Waals surface area contributed by atoms with Crippen LogP contribution in [0, 0.1) is 22.0 Å². The van der Waals surface area contributed by atoms with Crippen LogP contribution in [-0.2, 0) is 4.79 Å². The van der Waals surface area contributed by atoms with Crippen molar-refractivity contribution in [3.8, 4) is 0 Å². The molecule has 0 spiro atoms. The first-order valence-electron chi connectivity index (χ1n) is 6.77. The third-order valence-corrected chi connectivity index (χ3v) is 4.39. The lowest BCUT2D eigenvalue weighted by Crippen LogP contribution is -2.43. The molecule has 1 N–H and O–H groups in total. The standard InChI is InChI=1S/C13H14N2O6/c16-12(9-4-5-10(21-9)15(19)20)14-6-7-2-1-3-8(7)11(14)13(17)18/h4-5,7-8,11H,1-3,6H2,(H,17,18). The summed E-state index contributed by atoms with van der Waals surface area (Å²) in [5, 5.41) is 20.0. The van der Waals surface area contributed by atoms with Gasteiger partial charge in [0.2, 0.25) is 0 Å². The topological polar surface area (TPSA) is 114 Å². The number of rotatable bonds is 3. The van der Waals surface area contributed by atoms with E-state index in [9.17, 15) is 24.8 Å². The minimum atomic E-state index is -1.03. The number of carboxylic acids is 1. The maximum absolute atomic E-state index is 12.4. The number of nitro groups is 1. The summed E-state index contributed by atoms with van der Waals surface area (Å²) < 4.78 is 4.89. The van der Waals surface area contributed by atoms with Crippen LogP contribution in [0.5, 0.6) is 0 Å². The van der Waals surface area contributed by atoms with Gasteiger partial charge < -0.3 is 14.4 Å². The van der Waals surface area contributed by atoms with E-state index in [1.165, 1.54) is 11.0 Å². The second-order valence-electron chi connectivity index (χ2n) is 5.49. The predicted molar refractivity (Wildman–Crippen MR) is 68.7 cm³/mol. The van der Waals surface area contributed by atoms with Crippen LogP contribution in [0.4, 0.5) is 5.88 Å². The van der Waals surface area contributed by atoms with Gasteiger partial charge in [-0.3, -0.25) is 14.9 Å². The molecule has 1 aromatic heterocycles. The Morgan fingerprint density at radius 3 is 2.76 bits per heavy atom. The van der Waals surface area contributed by atoms with Crippen molar-refractivity contribution in [3.63, 3.8) is 0 Å². The van der Waals surface area contributed by atoms with Crippen molar-refractivity contribution in [1.82, 2.24) is 4.90 Å². The second-order valence-corrected chi connectivity index (χ2v) is 5.49. The zero-order chi connectivity index (χ0) is 15.1. The number of fused-ring (bicyclic) bond motifs is 1. The number of carbonyl (C=O) groups excluding carboxylic acids is 1. The highest BCUT2D eigenvalue weighted by atomic mass is 16.6. The lowest BCUT2D eigenvalue weighted by molar-refractivity contribution is -0.402. The van der Waals surface area contributed by atoms with Crippen LogP contribution in [0.2, 0.25) is 0 Å². The molecule has 0 aromatic carbocycles. The third kappa shape index (κ3) is 2.16. The van der Waals surface area contributed by atoms with Gasteiger partial charge in [0.25, 0.3) is 5.91 Å². The summed E-state index contributed by atoms with van der Waals surface area (Å²) in [4.78, 5) is 35.0. The van der Waals surface area contributed by atoms with Crippen LogP contribution >= 0.6 is 0 Å². The summed E-state index contributed by atoms with van der Waals surface area (Å²) in [7, 11) is 0. The summed E-state index contributed by atoms with van der Waals surface area (Å²) in [5.74, 6) is -2.17. The van der Waals surface area contributed by atoms with Crippen LogP contribution in [0.1, 0.15) is 29.8 Å². The SMILES string of the molecule is O=C(O)C1C2CCCC2CN1C(=O)c1ccc([N+](=O)[O-])o1. The Balaban J connectivity index is 1.86. The van der Waals surface area contributed by atoms with Crippen molar-refractivity contribution in [3.05, 3.63) is 28.0 Å². The molecule has 21 heavy (non-hydrogen) atoms. The Bertz CT molecular complexity index is 610. The lowest BCUT2D eigenvalue weighted by atomic mass is 9.94. The molecule has 8 nitrogen and oxygen atoms in total. The molecule has 3 atom stereocenters. The van der Waals surface area contributed by atoms with E-state index < -0.39 is 28.7 Å². The number of carboxylic acid groups (broad SMARTS) is 1. The number of furan rings is 1. The maximum Gasteiger partial charge on any atom is 0.433 e. The van der Waals surface area contributed by atoms with Crippen molar-refractivity contribution in [2.45, 2.75) is 25.3 Å². The molecule has 1 saturated carbocycles. The maximum atomic E-state index is 12.4. The van der Waals surface area contributed by atoms with Gasteiger partial charge in [0, 0.05) is 6.54 Å². The monoisotopic (exact) mass is 294 g/mol. The van der Waals surface area contributed by atoms with Gasteiger partial charge in [-0.15, -0.1) is 0 Å². The summed E-state index contributed by atoms with van der Waals surface area (Å²) in [6.07, 6.45) is 2.69. The molecule has 2 fully saturated rings. The van der Waals surface area contributed by atoms with Crippen molar-refractivity contribution in [1.29, 1.82) is 0 Å². The van der Waals surface area contributed by atoms with Gasteiger partial charge in [0.05, 0.1) is 6.07 Å². The Hall–Kier alpha value is -2.38. The van der Waals surface area contributed by atoms with Crippen LogP contribution < -0.4 is 0 Å². The molecule has 2 aliphatic rings. The van der Waals surface area contributed by atoms with Gasteiger partial charge >= 0.3 is 11.9 Å². The molecule has 0 radical (unpaired) electrons. The number of hydrogen-bond donors (Lipinski definition) is 1. The van der Waals surface area contributed by atoms with Gasteiger partial charge in [-0.05, 0) is 30.7 Å². The van der Waals surface area contributed by atoms with E-state index in [-0.39, 0.29) is 17.6 Å². The van der Waals surface area contributed by atoms with Gasteiger partial charge in [0.15, 0.2) is 5.76 Å². The highest BCUT2D eigenvalue weighted by Gasteiger charge is 2.50. The fourth-order valence-corrected chi connectivity index (χ4v) is 3.51.